The number of halogens is 1. The highest BCUT2D eigenvalue weighted by Gasteiger charge is 2.22. The standard InChI is InChI=1S/C29H28FN5O6S/c1-15-9-19(27-22(10-15)34-26(38-4)14-32-27)28-35-21-12-20(30)23(13-24(21)42-28)40-16(2)17(3)41-29(37)33-18-5-6-31-25(11-18)39-8-7-36/h5-6,9-14,16-17,36H,7-8H2,1-4H3,(H,31,33,37)/t16-,17+/m0/s1. The molecule has 2 N–H and O–H groups in total. The van der Waals surface area contributed by atoms with Crippen molar-refractivity contribution in [2.75, 3.05) is 25.6 Å². The lowest BCUT2D eigenvalue weighted by molar-refractivity contribution is 0.0402. The molecule has 0 aliphatic carbocycles. The van der Waals surface area contributed by atoms with Crippen molar-refractivity contribution in [1.82, 2.24) is 19.9 Å². The van der Waals surface area contributed by atoms with Crippen LogP contribution in [0.5, 0.6) is 17.5 Å². The second-order valence-electron chi connectivity index (χ2n) is 9.38. The first-order valence-electron chi connectivity index (χ1n) is 13.0. The zero-order chi connectivity index (χ0) is 29.8. The monoisotopic (exact) mass is 593 g/mol. The van der Waals surface area contributed by atoms with Gasteiger partial charge in [0.1, 0.15) is 23.8 Å². The van der Waals surface area contributed by atoms with Crippen molar-refractivity contribution in [1.29, 1.82) is 0 Å². The number of benzene rings is 2. The Bertz CT molecular complexity index is 1750. The van der Waals surface area contributed by atoms with Crippen molar-refractivity contribution in [2.45, 2.75) is 33.0 Å². The number of nitrogens with zero attached hydrogens (tertiary/aromatic N) is 4. The maximum Gasteiger partial charge on any atom is 0.412 e. The number of pyridine rings is 1. The van der Waals surface area contributed by atoms with E-state index in [1.807, 2.05) is 19.1 Å². The normalized spacial score (nSPS) is 12.6. The van der Waals surface area contributed by atoms with Gasteiger partial charge in [-0.3, -0.25) is 5.32 Å². The highest BCUT2D eigenvalue weighted by Crippen LogP contribution is 2.37. The minimum Gasteiger partial charge on any atom is -0.484 e. The van der Waals surface area contributed by atoms with Crippen LogP contribution < -0.4 is 19.5 Å². The number of thiazole rings is 1. The Morgan fingerprint density at radius 3 is 2.69 bits per heavy atom. The molecule has 0 bridgehead atoms. The van der Waals surface area contributed by atoms with Gasteiger partial charge in [-0.2, -0.15) is 0 Å². The van der Waals surface area contributed by atoms with E-state index in [0.29, 0.717) is 37.8 Å². The smallest absolute Gasteiger partial charge is 0.412 e. The van der Waals surface area contributed by atoms with Crippen LogP contribution in [0.15, 0.2) is 48.8 Å². The Morgan fingerprint density at radius 1 is 1.07 bits per heavy atom. The molecular formula is C29H28FN5O6S. The average molecular weight is 594 g/mol. The van der Waals surface area contributed by atoms with Gasteiger partial charge in [0.2, 0.25) is 11.8 Å². The molecule has 13 heteroatoms. The number of carbonyl (C=O) groups is 1. The summed E-state index contributed by atoms with van der Waals surface area (Å²) in [6.07, 6.45) is 0.867. The molecule has 0 unspecified atom stereocenters. The summed E-state index contributed by atoms with van der Waals surface area (Å²) < 4.78 is 37.6. The molecule has 0 radical (unpaired) electrons. The Balaban J connectivity index is 1.30. The minimum atomic E-state index is -0.730. The Labute approximate surface area is 244 Å². The molecule has 218 valence electrons. The highest BCUT2D eigenvalue weighted by atomic mass is 32.1. The number of rotatable bonds is 10. The number of nitrogens with one attached hydrogen (secondary N) is 1. The number of anilines is 1. The molecule has 1 amide bonds. The molecule has 5 aromatic rings. The van der Waals surface area contributed by atoms with E-state index in [2.05, 4.69) is 25.3 Å². The summed E-state index contributed by atoms with van der Waals surface area (Å²) in [6, 6.07) is 9.86. The van der Waals surface area contributed by atoms with E-state index >= 15 is 4.39 Å². The van der Waals surface area contributed by atoms with Crippen LogP contribution in [0, 0.1) is 12.7 Å². The van der Waals surface area contributed by atoms with Crippen LogP contribution in [-0.2, 0) is 4.74 Å². The summed E-state index contributed by atoms with van der Waals surface area (Å²) in [5, 5.41) is 12.1. The molecule has 0 saturated heterocycles. The summed E-state index contributed by atoms with van der Waals surface area (Å²) in [5.41, 5.74) is 3.97. The molecular weight excluding hydrogens is 565 g/mol. The van der Waals surface area contributed by atoms with Crippen molar-refractivity contribution < 1.29 is 33.2 Å². The van der Waals surface area contributed by atoms with Gasteiger partial charge in [0.05, 0.1) is 46.9 Å². The number of fused-ring (bicyclic) bond motifs is 2. The van der Waals surface area contributed by atoms with Gasteiger partial charge < -0.3 is 24.1 Å². The van der Waals surface area contributed by atoms with E-state index in [9.17, 15) is 4.79 Å². The fraction of sp³-hybridized carbons (Fsp3) is 0.276. The fourth-order valence-corrected chi connectivity index (χ4v) is 5.06. The van der Waals surface area contributed by atoms with E-state index in [-0.39, 0.29) is 24.8 Å². The number of aliphatic hydroxyl groups is 1. The quantitative estimate of drug-likeness (QED) is 0.212. The number of aromatic nitrogens is 4. The van der Waals surface area contributed by atoms with Crippen LogP contribution >= 0.6 is 11.3 Å². The van der Waals surface area contributed by atoms with Gasteiger partial charge in [-0.1, -0.05) is 0 Å². The molecule has 3 heterocycles. The molecule has 2 aromatic carbocycles. The third-order valence-corrected chi connectivity index (χ3v) is 7.29. The van der Waals surface area contributed by atoms with Crippen molar-refractivity contribution in [3.63, 3.8) is 0 Å². The Morgan fingerprint density at radius 2 is 1.90 bits per heavy atom. The third kappa shape index (κ3) is 6.47. The molecule has 0 aliphatic rings. The maximum absolute atomic E-state index is 15.1. The molecule has 0 spiro atoms. The van der Waals surface area contributed by atoms with Crippen molar-refractivity contribution in [3.8, 4) is 28.1 Å². The topological polar surface area (TPSA) is 138 Å². The zero-order valence-corrected chi connectivity index (χ0v) is 24.1. The van der Waals surface area contributed by atoms with E-state index in [1.54, 1.807) is 32.2 Å². The maximum atomic E-state index is 15.1. The molecule has 11 nitrogen and oxygen atoms in total. The summed E-state index contributed by atoms with van der Waals surface area (Å²) in [4.78, 5) is 30.1. The summed E-state index contributed by atoms with van der Waals surface area (Å²) >= 11 is 1.38. The number of aliphatic hydroxyl groups excluding tert-OH is 1. The first kappa shape index (κ1) is 28.9. The SMILES string of the molecule is COc1cnc2c(-c3nc4cc(F)c(O[C@@H](C)[C@@H](C)OC(=O)Nc5ccnc(OCCO)c5)cc4s3)cc(C)cc2n1. The predicted molar refractivity (Wildman–Crippen MR) is 156 cm³/mol. The molecule has 3 aromatic heterocycles. The first-order valence-corrected chi connectivity index (χ1v) is 13.8. The van der Waals surface area contributed by atoms with Crippen LogP contribution in [0.3, 0.4) is 0 Å². The molecule has 5 rings (SSSR count). The van der Waals surface area contributed by atoms with Crippen LogP contribution in [0.2, 0.25) is 0 Å². The van der Waals surface area contributed by atoms with Gasteiger partial charge in [0.15, 0.2) is 11.6 Å². The number of amides is 1. The number of hydrogen-bond acceptors (Lipinski definition) is 11. The molecule has 0 saturated carbocycles. The van der Waals surface area contributed by atoms with Crippen molar-refractivity contribution in [2.24, 2.45) is 0 Å². The largest absolute Gasteiger partial charge is 0.484 e. The van der Waals surface area contributed by atoms with Gasteiger partial charge in [0.25, 0.3) is 0 Å². The summed E-state index contributed by atoms with van der Waals surface area (Å²) in [6.45, 7) is 5.19. The summed E-state index contributed by atoms with van der Waals surface area (Å²) in [5.74, 6) is 0.0768. The number of hydrogen-bond donors (Lipinski definition) is 2. The van der Waals surface area contributed by atoms with Crippen LogP contribution in [0.4, 0.5) is 14.9 Å². The first-order chi connectivity index (χ1) is 20.2. The second kappa shape index (κ2) is 12.5. The van der Waals surface area contributed by atoms with E-state index in [1.165, 1.54) is 36.8 Å². The molecule has 42 heavy (non-hydrogen) atoms. The second-order valence-corrected chi connectivity index (χ2v) is 10.4. The average Bonchev–Trinajstić information content (AvgIpc) is 3.37. The van der Waals surface area contributed by atoms with Crippen LogP contribution in [-0.4, -0.2) is 63.7 Å². The molecule has 0 fully saturated rings. The van der Waals surface area contributed by atoms with Gasteiger partial charge in [-0.05, 0) is 44.5 Å². The van der Waals surface area contributed by atoms with Crippen molar-refractivity contribution >= 4 is 44.4 Å². The number of carbonyl (C=O) groups excluding carboxylic acids is 1. The van der Waals surface area contributed by atoms with Gasteiger partial charge in [-0.25, -0.2) is 29.1 Å². The summed E-state index contributed by atoms with van der Waals surface area (Å²) in [7, 11) is 1.53. The minimum absolute atomic E-state index is 0.0134. The van der Waals surface area contributed by atoms with Gasteiger partial charge in [-0.15, -0.1) is 11.3 Å². The van der Waals surface area contributed by atoms with Crippen LogP contribution in [0.1, 0.15) is 19.4 Å². The lowest BCUT2D eigenvalue weighted by atomic mass is 10.1. The zero-order valence-electron chi connectivity index (χ0n) is 23.3. The predicted octanol–water partition coefficient (Wildman–Crippen LogP) is 5.53. The lowest BCUT2D eigenvalue weighted by Gasteiger charge is -2.22. The fourth-order valence-electron chi connectivity index (χ4n) is 4.07. The highest BCUT2D eigenvalue weighted by molar-refractivity contribution is 7.21. The third-order valence-electron chi connectivity index (χ3n) is 6.24. The van der Waals surface area contributed by atoms with Crippen molar-refractivity contribution in [3.05, 3.63) is 60.2 Å². The Hall–Kier alpha value is -4.62. The molecule has 2 atom stereocenters. The van der Waals surface area contributed by atoms with Gasteiger partial charge in [0, 0.05) is 30.0 Å². The van der Waals surface area contributed by atoms with E-state index < -0.39 is 24.1 Å². The Kier molecular flexibility index (Phi) is 8.59. The van der Waals surface area contributed by atoms with E-state index in [0.717, 1.165) is 11.1 Å². The lowest BCUT2D eigenvalue weighted by Crippen LogP contribution is -2.32. The number of aryl methyl sites for hydroxylation is 1. The van der Waals surface area contributed by atoms with Gasteiger partial charge >= 0.3 is 6.09 Å². The molecule has 0 aliphatic heterocycles. The van der Waals surface area contributed by atoms with E-state index in [4.69, 9.17) is 24.1 Å². The van der Waals surface area contributed by atoms with Crippen LogP contribution in [0.25, 0.3) is 31.8 Å². The number of methoxy groups -OCH3 is 1. The number of ether oxygens (including phenoxy) is 4.